The van der Waals surface area contributed by atoms with Crippen LogP contribution in [0, 0.1) is 0 Å². The Bertz CT molecular complexity index is 3880. The van der Waals surface area contributed by atoms with E-state index in [4.69, 9.17) is 19.4 Å². The van der Waals surface area contributed by atoms with Crippen LogP contribution in [-0.2, 0) is 0 Å². The summed E-state index contributed by atoms with van der Waals surface area (Å²) in [7, 11) is 0. The third-order valence-electron chi connectivity index (χ3n) is 12.4. The number of nitrogens with zero attached hydrogens (tertiary/aromatic N) is 5. The number of hydrogen-bond acceptors (Lipinski definition) is 4. The minimum atomic E-state index is 0.541. The average Bonchev–Trinajstić information content (AvgIpc) is 4.02. The van der Waals surface area contributed by atoms with Crippen molar-refractivity contribution in [1.82, 2.24) is 24.1 Å². The van der Waals surface area contributed by atoms with Crippen LogP contribution in [0.3, 0.4) is 0 Å². The van der Waals surface area contributed by atoms with Crippen molar-refractivity contribution in [3.8, 4) is 56.7 Å². The Hall–Kier alpha value is -8.61. The summed E-state index contributed by atoms with van der Waals surface area (Å²) < 4.78 is 10.8. The maximum atomic E-state index is 6.45. The van der Waals surface area contributed by atoms with Crippen LogP contribution < -0.4 is 0 Å². The summed E-state index contributed by atoms with van der Waals surface area (Å²) in [5.74, 6) is 1.66. The molecule has 4 heterocycles. The SMILES string of the molecule is c1ccc(-c2ccc3c4ccccc4n(-c4nc(-c5cccc(-c6cccc(-c7cccc8c7oc7ccccc78)c6)c5)nc(-n5c6ccccc6c6ccccc65)n4)c3c2)cc1. The third kappa shape index (κ3) is 5.62. The van der Waals surface area contributed by atoms with Gasteiger partial charge in [0.1, 0.15) is 11.2 Å². The van der Waals surface area contributed by atoms with Gasteiger partial charge in [-0.1, -0.05) is 170 Å². The molecule has 0 amide bonds. The molecule has 0 spiro atoms. The van der Waals surface area contributed by atoms with Gasteiger partial charge in [0.15, 0.2) is 5.82 Å². The summed E-state index contributed by atoms with van der Waals surface area (Å²) in [6, 6.07) is 74.5. The monoisotopic (exact) mass is 805 g/mol. The molecule has 13 rings (SSSR count). The number of para-hydroxylation sites is 5. The maximum absolute atomic E-state index is 6.45. The van der Waals surface area contributed by atoms with Gasteiger partial charge >= 0.3 is 0 Å². The lowest BCUT2D eigenvalue weighted by atomic mass is 9.97. The molecule has 0 saturated carbocycles. The summed E-state index contributed by atoms with van der Waals surface area (Å²) in [5, 5.41) is 6.77. The maximum Gasteiger partial charge on any atom is 0.240 e. The highest BCUT2D eigenvalue weighted by atomic mass is 16.3. The lowest BCUT2D eigenvalue weighted by molar-refractivity contribution is 0.670. The molecule has 0 aliphatic carbocycles. The van der Waals surface area contributed by atoms with Crippen LogP contribution >= 0.6 is 0 Å². The average molecular weight is 806 g/mol. The first-order valence-electron chi connectivity index (χ1n) is 21.2. The number of hydrogen-bond donors (Lipinski definition) is 0. The molecule has 0 atom stereocenters. The van der Waals surface area contributed by atoms with E-state index in [1.807, 2.05) is 12.1 Å². The van der Waals surface area contributed by atoms with Gasteiger partial charge in [0, 0.05) is 43.4 Å². The highest BCUT2D eigenvalue weighted by molar-refractivity contribution is 6.11. The molecule has 0 unspecified atom stereocenters. The van der Waals surface area contributed by atoms with Crippen molar-refractivity contribution < 1.29 is 4.42 Å². The van der Waals surface area contributed by atoms with Crippen molar-refractivity contribution in [2.45, 2.75) is 0 Å². The van der Waals surface area contributed by atoms with Crippen LogP contribution in [0.25, 0.3) is 122 Å². The van der Waals surface area contributed by atoms with Crippen molar-refractivity contribution in [1.29, 1.82) is 0 Å². The summed E-state index contributed by atoms with van der Waals surface area (Å²) in [4.78, 5) is 16.1. The van der Waals surface area contributed by atoms with Gasteiger partial charge in [0.2, 0.25) is 11.9 Å². The second kappa shape index (κ2) is 14.0. The Morgan fingerprint density at radius 3 is 1.46 bits per heavy atom. The number of aromatic nitrogens is 5. The van der Waals surface area contributed by atoms with Gasteiger partial charge in [-0.3, -0.25) is 9.13 Å². The van der Waals surface area contributed by atoms with E-state index in [0.29, 0.717) is 17.7 Å². The molecule has 0 fully saturated rings. The molecule has 9 aromatic carbocycles. The van der Waals surface area contributed by atoms with Crippen molar-refractivity contribution >= 4 is 65.6 Å². The lowest BCUT2D eigenvalue weighted by Crippen LogP contribution is -2.10. The van der Waals surface area contributed by atoms with E-state index in [-0.39, 0.29) is 0 Å². The quantitative estimate of drug-likeness (QED) is 0.168. The second-order valence-corrected chi connectivity index (χ2v) is 16.0. The zero-order chi connectivity index (χ0) is 41.4. The van der Waals surface area contributed by atoms with Crippen LogP contribution in [0.2, 0.25) is 0 Å². The van der Waals surface area contributed by atoms with Gasteiger partial charge < -0.3 is 4.42 Å². The second-order valence-electron chi connectivity index (χ2n) is 16.0. The minimum Gasteiger partial charge on any atom is -0.455 e. The predicted molar refractivity (Wildman–Crippen MR) is 258 cm³/mol. The van der Waals surface area contributed by atoms with Crippen molar-refractivity contribution in [2.75, 3.05) is 0 Å². The first-order valence-corrected chi connectivity index (χ1v) is 21.2. The van der Waals surface area contributed by atoms with Crippen molar-refractivity contribution in [3.63, 3.8) is 0 Å². The largest absolute Gasteiger partial charge is 0.455 e. The van der Waals surface area contributed by atoms with Gasteiger partial charge in [-0.25, -0.2) is 0 Å². The van der Waals surface area contributed by atoms with Crippen LogP contribution in [0.4, 0.5) is 0 Å². The molecule has 0 bridgehead atoms. The van der Waals surface area contributed by atoms with Gasteiger partial charge in [-0.15, -0.1) is 0 Å². The molecular formula is C57H35N5O. The van der Waals surface area contributed by atoms with E-state index in [1.165, 1.54) is 0 Å². The summed E-state index contributed by atoms with van der Waals surface area (Å²) in [5.41, 5.74) is 13.3. The third-order valence-corrected chi connectivity index (χ3v) is 12.4. The first kappa shape index (κ1) is 35.2. The highest BCUT2D eigenvalue weighted by Gasteiger charge is 2.21. The lowest BCUT2D eigenvalue weighted by Gasteiger charge is -2.13. The van der Waals surface area contributed by atoms with Crippen LogP contribution in [-0.4, -0.2) is 24.1 Å². The van der Waals surface area contributed by atoms with E-state index < -0.39 is 0 Å². The fourth-order valence-electron chi connectivity index (χ4n) is 9.50. The van der Waals surface area contributed by atoms with Crippen LogP contribution in [0.15, 0.2) is 217 Å². The van der Waals surface area contributed by atoms with Crippen molar-refractivity contribution in [2.24, 2.45) is 0 Å². The Balaban J connectivity index is 1.02. The molecule has 0 saturated heterocycles. The van der Waals surface area contributed by atoms with E-state index in [2.05, 4.69) is 209 Å². The standard InChI is InChI=1S/C57H35N5O/c1-2-15-36(16-3-1)39-31-32-46-45-23-6-10-29-51(45)62(52(46)35-39)57-59-55(58-56(60-57)61-49-27-8-4-21-43(49)44-22-5-9-28-50(44)61)41-20-13-18-38(34-41)37-17-12-19-40(33-37)42-25-14-26-48-47-24-7-11-30-53(47)63-54(42)48/h1-35H. The molecule has 0 radical (unpaired) electrons. The van der Waals surface area contributed by atoms with Gasteiger partial charge in [-0.2, -0.15) is 15.0 Å². The first-order chi connectivity index (χ1) is 31.2. The van der Waals surface area contributed by atoms with E-state index in [0.717, 1.165) is 104 Å². The van der Waals surface area contributed by atoms with Gasteiger partial charge in [0.25, 0.3) is 0 Å². The molecule has 63 heavy (non-hydrogen) atoms. The van der Waals surface area contributed by atoms with E-state index in [1.54, 1.807) is 0 Å². The molecule has 6 nitrogen and oxygen atoms in total. The number of benzene rings is 9. The molecule has 4 aromatic heterocycles. The summed E-state index contributed by atoms with van der Waals surface area (Å²) in [6.45, 7) is 0. The molecular weight excluding hydrogens is 771 g/mol. The molecule has 6 heteroatoms. The zero-order valence-corrected chi connectivity index (χ0v) is 33.9. The zero-order valence-electron chi connectivity index (χ0n) is 33.9. The summed E-state index contributed by atoms with van der Waals surface area (Å²) in [6.07, 6.45) is 0. The molecule has 0 aliphatic rings. The van der Waals surface area contributed by atoms with E-state index >= 15 is 0 Å². The van der Waals surface area contributed by atoms with Crippen LogP contribution in [0.1, 0.15) is 0 Å². The summed E-state index contributed by atoms with van der Waals surface area (Å²) >= 11 is 0. The number of fused-ring (bicyclic) bond motifs is 9. The van der Waals surface area contributed by atoms with Gasteiger partial charge in [-0.05, 0) is 70.3 Å². The molecule has 13 aromatic rings. The Morgan fingerprint density at radius 1 is 0.302 bits per heavy atom. The van der Waals surface area contributed by atoms with E-state index in [9.17, 15) is 0 Å². The Labute approximate surface area is 361 Å². The Kier molecular flexibility index (Phi) is 7.80. The fourth-order valence-corrected chi connectivity index (χ4v) is 9.50. The number of rotatable bonds is 6. The predicted octanol–water partition coefficient (Wildman–Crippen LogP) is 14.6. The fraction of sp³-hybridized carbons (Fsp3) is 0. The van der Waals surface area contributed by atoms with Gasteiger partial charge in [0.05, 0.1) is 22.1 Å². The molecule has 0 aliphatic heterocycles. The smallest absolute Gasteiger partial charge is 0.240 e. The molecule has 0 N–H and O–H groups in total. The normalized spacial score (nSPS) is 11.8. The Morgan fingerprint density at radius 2 is 0.778 bits per heavy atom. The van der Waals surface area contributed by atoms with Crippen molar-refractivity contribution in [3.05, 3.63) is 212 Å². The topological polar surface area (TPSA) is 61.7 Å². The highest BCUT2D eigenvalue weighted by Crippen LogP contribution is 2.39. The number of furan rings is 1. The minimum absolute atomic E-state index is 0.541. The van der Waals surface area contributed by atoms with Crippen LogP contribution in [0.5, 0.6) is 0 Å². The molecule has 294 valence electrons.